The normalized spacial score (nSPS) is 10.2. The predicted molar refractivity (Wildman–Crippen MR) is 77.2 cm³/mol. The Morgan fingerprint density at radius 2 is 0.800 bits per heavy atom. The molecule has 0 atom stereocenters. The second kappa shape index (κ2) is 14.0. The van der Waals surface area contributed by atoms with Crippen molar-refractivity contribution in [3.05, 3.63) is 0 Å². The fraction of sp³-hybridized carbons (Fsp3) is 0.857. The Hall–Kier alpha value is -1.46. The summed E-state index contributed by atoms with van der Waals surface area (Å²) in [6, 6.07) is 0. The molecule has 0 aliphatic heterocycles. The van der Waals surface area contributed by atoms with Gasteiger partial charge in [-0.3, -0.25) is 0 Å². The van der Waals surface area contributed by atoms with Crippen LogP contribution in [-0.4, -0.2) is 25.4 Å². The fourth-order valence-corrected chi connectivity index (χ4v) is 1.96. The summed E-state index contributed by atoms with van der Waals surface area (Å²) in [6.45, 7) is 0.866. The summed E-state index contributed by atoms with van der Waals surface area (Å²) in [4.78, 5) is 20.6. The van der Waals surface area contributed by atoms with Crippen LogP contribution in [0.4, 0.5) is 9.59 Å². The standard InChI is InChI=1S/C14H28N2O4/c15-13(17)19-11-9-7-5-3-1-2-4-6-8-10-12-20-14(16)18/h1-12H2,(H2,15,17)(H2,16,18). The number of rotatable bonds is 13. The van der Waals surface area contributed by atoms with Gasteiger partial charge in [-0.25, -0.2) is 9.59 Å². The van der Waals surface area contributed by atoms with Crippen molar-refractivity contribution in [3.8, 4) is 0 Å². The van der Waals surface area contributed by atoms with Crippen LogP contribution in [0.5, 0.6) is 0 Å². The highest BCUT2D eigenvalue weighted by molar-refractivity contribution is 5.64. The summed E-state index contributed by atoms with van der Waals surface area (Å²) in [5.41, 5.74) is 9.71. The molecule has 0 aliphatic rings. The predicted octanol–water partition coefficient (Wildman–Crippen LogP) is 3.08. The van der Waals surface area contributed by atoms with Crippen molar-refractivity contribution < 1.29 is 19.1 Å². The molecule has 0 radical (unpaired) electrons. The Labute approximate surface area is 121 Å². The number of ether oxygens (including phenoxy) is 2. The first-order chi connectivity index (χ1) is 9.63. The number of hydrogen-bond acceptors (Lipinski definition) is 4. The van der Waals surface area contributed by atoms with Crippen LogP contribution in [0.3, 0.4) is 0 Å². The van der Waals surface area contributed by atoms with Crippen molar-refractivity contribution in [1.82, 2.24) is 0 Å². The van der Waals surface area contributed by atoms with Crippen LogP contribution < -0.4 is 11.5 Å². The quantitative estimate of drug-likeness (QED) is 0.508. The summed E-state index contributed by atoms with van der Waals surface area (Å²) < 4.78 is 9.30. The van der Waals surface area contributed by atoms with Crippen molar-refractivity contribution in [3.63, 3.8) is 0 Å². The maximum atomic E-state index is 10.3. The SMILES string of the molecule is NC(=O)OCCCCCCCCCCCCOC(N)=O. The van der Waals surface area contributed by atoms with E-state index in [1.165, 1.54) is 38.5 Å². The molecule has 0 aromatic carbocycles. The zero-order chi connectivity index (χ0) is 15.1. The van der Waals surface area contributed by atoms with Gasteiger partial charge in [-0.2, -0.15) is 0 Å². The lowest BCUT2D eigenvalue weighted by Gasteiger charge is -2.03. The number of unbranched alkanes of at least 4 members (excludes halogenated alkanes) is 9. The minimum Gasteiger partial charge on any atom is -0.450 e. The van der Waals surface area contributed by atoms with Gasteiger partial charge < -0.3 is 20.9 Å². The van der Waals surface area contributed by atoms with Crippen LogP contribution in [0.1, 0.15) is 64.2 Å². The van der Waals surface area contributed by atoms with Gasteiger partial charge in [0.25, 0.3) is 0 Å². The van der Waals surface area contributed by atoms with Gasteiger partial charge in [0, 0.05) is 0 Å². The maximum absolute atomic E-state index is 10.3. The number of nitrogens with two attached hydrogens (primary N) is 2. The first kappa shape index (κ1) is 18.5. The largest absolute Gasteiger partial charge is 0.450 e. The molecular formula is C14H28N2O4. The Bertz CT molecular complexity index is 234. The second-order valence-corrected chi connectivity index (χ2v) is 4.87. The molecule has 0 saturated carbocycles. The molecule has 118 valence electrons. The highest BCUT2D eigenvalue weighted by atomic mass is 16.5. The molecule has 4 N–H and O–H groups in total. The van der Waals surface area contributed by atoms with E-state index in [0.29, 0.717) is 13.2 Å². The average molecular weight is 288 g/mol. The molecule has 0 spiro atoms. The van der Waals surface area contributed by atoms with E-state index in [2.05, 4.69) is 9.47 Å². The van der Waals surface area contributed by atoms with Gasteiger partial charge in [0.1, 0.15) is 0 Å². The fourth-order valence-electron chi connectivity index (χ4n) is 1.96. The Balaban J connectivity index is 2.99. The zero-order valence-corrected chi connectivity index (χ0v) is 12.3. The number of amides is 2. The summed E-state index contributed by atoms with van der Waals surface area (Å²) in [5, 5.41) is 0. The Kier molecular flexibility index (Phi) is 12.9. The van der Waals surface area contributed by atoms with Crippen molar-refractivity contribution in [2.75, 3.05) is 13.2 Å². The van der Waals surface area contributed by atoms with E-state index in [1.54, 1.807) is 0 Å². The molecule has 0 fully saturated rings. The van der Waals surface area contributed by atoms with Gasteiger partial charge >= 0.3 is 12.2 Å². The summed E-state index contributed by atoms with van der Waals surface area (Å²) in [5.74, 6) is 0. The van der Waals surface area contributed by atoms with Crippen LogP contribution in [0.2, 0.25) is 0 Å². The van der Waals surface area contributed by atoms with Gasteiger partial charge in [-0.15, -0.1) is 0 Å². The highest BCUT2D eigenvalue weighted by Crippen LogP contribution is 2.10. The van der Waals surface area contributed by atoms with Gasteiger partial charge in [-0.1, -0.05) is 51.4 Å². The monoisotopic (exact) mass is 288 g/mol. The number of primary amides is 2. The Morgan fingerprint density at radius 3 is 1.05 bits per heavy atom. The Morgan fingerprint density at radius 1 is 0.550 bits per heavy atom. The van der Waals surface area contributed by atoms with Crippen LogP contribution in [0.25, 0.3) is 0 Å². The summed E-state index contributed by atoms with van der Waals surface area (Å²) in [6.07, 6.45) is 9.85. The van der Waals surface area contributed by atoms with E-state index < -0.39 is 12.2 Å². The summed E-state index contributed by atoms with van der Waals surface area (Å²) in [7, 11) is 0. The average Bonchev–Trinajstić information content (AvgIpc) is 2.38. The first-order valence-corrected chi connectivity index (χ1v) is 7.47. The molecular weight excluding hydrogens is 260 g/mol. The molecule has 0 rings (SSSR count). The van der Waals surface area contributed by atoms with Crippen LogP contribution in [-0.2, 0) is 9.47 Å². The highest BCUT2D eigenvalue weighted by Gasteiger charge is 1.96. The van der Waals surface area contributed by atoms with Crippen molar-refractivity contribution in [2.24, 2.45) is 11.5 Å². The van der Waals surface area contributed by atoms with Crippen molar-refractivity contribution in [2.45, 2.75) is 64.2 Å². The third-order valence-electron chi connectivity index (χ3n) is 3.03. The molecule has 0 bridgehead atoms. The molecule has 6 nitrogen and oxygen atoms in total. The van der Waals surface area contributed by atoms with Crippen LogP contribution in [0.15, 0.2) is 0 Å². The van der Waals surface area contributed by atoms with Gasteiger partial charge in [0.05, 0.1) is 13.2 Å². The van der Waals surface area contributed by atoms with E-state index in [9.17, 15) is 9.59 Å². The minimum absolute atomic E-state index is 0.433. The number of hydrogen-bond donors (Lipinski definition) is 2. The lowest BCUT2D eigenvalue weighted by atomic mass is 10.1. The molecule has 20 heavy (non-hydrogen) atoms. The smallest absolute Gasteiger partial charge is 0.404 e. The molecule has 6 heteroatoms. The van der Waals surface area contributed by atoms with Gasteiger partial charge in [0.2, 0.25) is 0 Å². The zero-order valence-electron chi connectivity index (χ0n) is 12.3. The number of carbonyl (C=O) groups excluding carboxylic acids is 2. The number of carbonyl (C=O) groups is 2. The topological polar surface area (TPSA) is 105 Å². The molecule has 0 saturated heterocycles. The van der Waals surface area contributed by atoms with Crippen molar-refractivity contribution >= 4 is 12.2 Å². The molecule has 0 aromatic rings. The van der Waals surface area contributed by atoms with Crippen molar-refractivity contribution in [1.29, 1.82) is 0 Å². The van der Waals surface area contributed by atoms with Gasteiger partial charge in [0.15, 0.2) is 0 Å². The molecule has 2 amide bonds. The maximum Gasteiger partial charge on any atom is 0.404 e. The first-order valence-electron chi connectivity index (χ1n) is 7.47. The van der Waals surface area contributed by atoms with E-state index >= 15 is 0 Å². The van der Waals surface area contributed by atoms with E-state index in [-0.39, 0.29) is 0 Å². The molecule has 0 aromatic heterocycles. The lowest BCUT2D eigenvalue weighted by Crippen LogP contribution is -2.13. The second-order valence-electron chi connectivity index (χ2n) is 4.87. The third-order valence-corrected chi connectivity index (χ3v) is 3.03. The molecule has 0 aliphatic carbocycles. The molecule has 0 unspecified atom stereocenters. The third kappa shape index (κ3) is 16.5. The molecule has 0 heterocycles. The minimum atomic E-state index is -0.689. The van der Waals surface area contributed by atoms with E-state index in [4.69, 9.17) is 11.5 Å². The van der Waals surface area contributed by atoms with E-state index in [0.717, 1.165) is 25.7 Å². The van der Waals surface area contributed by atoms with Crippen LogP contribution in [0, 0.1) is 0 Å². The van der Waals surface area contributed by atoms with Crippen LogP contribution >= 0.6 is 0 Å². The van der Waals surface area contributed by atoms with Gasteiger partial charge in [-0.05, 0) is 12.8 Å². The lowest BCUT2D eigenvalue weighted by molar-refractivity contribution is 0.153. The summed E-state index contributed by atoms with van der Waals surface area (Å²) >= 11 is 0. The van der Waals surface area contributed by atoms with E-state index in [1.807, 2.05) is 0 Å².